The van der Waals surface area contributed by atoms with Gasteiger partial charge in [0.1, 0.15) is 0 Å². The van der Waals surface area contributed by atoms with Crippen LogP contribution in [0.5, 0.6) is 0 Å². The van der Waals surface area contributed by atoms with E-state index < -0.39 is 0 Å². The van der Waals surface area contributed by atoms with Gasteiger partial charge in [-0.1, -0.05) is 13.5 Å². The molecule has 0 saturated heterocycles. The highest BCUT2D eigenvalue weighted by molar-refractivity contribution is 5.94. The zero-order valence-corrected chi connectivity index (χ0v) is 7.37. The SMILES string of the molecule is C.CCNC(=O)c1cccc(C#N)c1. The highest BCUT2D eigenvalue weighted by Crippen LogP contribution is 2.03. The Morgan fingerprint density at radius 3 is 2.86 bits per heavy atom. The summed E-state index contributed by atoms with van der Waals surface area (Å²) < 4.78 is 0. The summed E-state index contributed by atoms with van der Waals surface area (Å²) in [7, 11) is 0. The summed E-state index contributed by atoms with van der Waals surface area (Å²) in [5, 5.41) is 11.3. The molecule has 0 unspecified atom stereocenters. The van der Waals surface area contributed by atoms with Crippen molar-refractivity contribution in [1.29, 1.82) is 5.26 Å². The van der Waals surface area contributed by atoms with E-state index in [2.05, 4.69) is 5.32 Å². The Morgan fingerprint density at radius 1 is 1.57 bits per heavy atom. The number of nitrogens with one attached hydrogen (secondary N) is 1. The number of carbonyl (C=O) groups is 1. The lowest BCUT2D eigenvalue weighted by Gasteiger charge is -2.01. The van der Waals surface area contributed by atoms with Crippen LogP contribution in [0, 0.1) is 11.3 Å². The third-order valence-corrected chi connectivity index (χ3v) is 1.59. The van der Waals surface area contributed by atoms with Crippen LogP contribution in [0.25, 0.3) is 0 Å². The van der Waals surface area contributed by atoms with Crippen molar-refractivity contribution in [2.75, 3.05) is 6.54 Å². The minimum absolute atomic E-state index is 0. The minimum atomic E-state index is -0.139. The predicted molar refractivity (Wildman–Crippen MR) is 55.9 cm³/mol. The Kier molecular flexibility index (Phi) is 5.01. The van der Waals surface area contributed by atoms with Crippen molar-refractivity contribution in [3.8, 4) is 6.07 Å². The van der Waals surface area contributed by atoms with E-state index in [0.29, 0.717) is 17.7 Å². The fourth-order valence-corrected chi connectivity index (χ4v) is 0.993. The molecule has 0 aliphatic heterocycles. The molecule has 0 aliphatic carbocycles. The maximum absolute atomic E-state index is 11.3. The van der Waals surface area contributed by atoms with Crippen LogP contribution in [0.4, 0.5) is 0 Å². The van der Waals surface area contributed by atoms with Crippen LogP contribution in [0.1, 0.15) is 30.3 Å². The lowest BCUT2D eigenvalue weighted by molar-refractivity contribution is 0.0956. The van der Waals surface area contributed by atoms with Crippen LogP contribution >= 0.6 is 0 Å². The molecule has 1 amide bonds. The zero-order valence-electron chi connectivity index (χ0n) is 7.37. The van der Waals surface area contributed by atoms with Gasteiger partial charge in [0, 0.05) is 12.1 Å². The average molecular weight is 190 g/mol. The summed E-state index contributed by atoms with van der Waals surface area (Å²) in [6.45, 7) is 2.45. The molecule has 3 heteroatoms. The number of benzene rings is 1. The molecule has 1 aromatic rings. The molecular weight excluding hydrogens is 176 g/mol. The van der Waals surface area contributed by atoms with Crippen molar-refractivity contribution in [2.24, 2.45) is 0 Å². The van der Waals surface area contributed by atoms with Gasteiger partial charge >= 0.3 is 0 Å². The number of amides is 1. The molecule has 0 spiro atoms. The maximum atomic E-state index is 11.3. The Labute approximate surface area is 84.4 Å². The molecule has 0 fully saturated rings. The molecule has 0 aliphatic rings. The standard InChI is InChI=1S/C10H10N2O.CH4/c1-2-12-10(13)9-5-3-4-8(6-9)7-11;/h3-6H,2H2,1H3,(H,12,13);1H4. The molecule has 1 aromatic carbocycles. The lowest BCUT2D eigenvalue weighted by Crippen LogP contribution is -2.22. The number of carbonyl (C=O) groups excluding carboxylic acids is 1. The van der Waals surface area contributed by atoms with Gasteiger partial charge in [0.2, 0.25) is 0 Å². The number of rotatable bonds is 2. The monoisotopic (exact) mass is 190 g/mol. The molecule has 1 rings (SSSR count). The summed E-state index contributed by atoms with van der Waals surface area (Å²) in [6, 6.07) is 8.61. The third kappa shape index (κ3) is 2.91. The molecule has 14 heavy (non-hydrogen) atoms. The first kappa shape index (κ1) is 12.2. The van der Waals surface area contributed by atoms with Crippen LogP contribution < -0.4 is 5.32 Å². The van der Waals surface area contributed by atoms with Gasteiger partial charge in [0.15, 0.2) is 0 Å². The highest BCUT2D eigenvalue weighted by Gasteiger charge is 2.03. The van der Waals surface area contributed by atoms with Gasteiger partial charge in [0.05, 0.1) is 11.6 Å². The summed E-state index contributed by atoms with van der Waals surface area (Å²) in [5.41, 5.74) is 1.03. The Bertz CT molecular complexity index is 353. The van der Waals surface area contributed by atoms with Crippen molar-refractivity contribution >= 4 is 5.91 Å². The second-order valence-corrected chi connectivity index (χ2v) is 2.55. The van der Waals surface area contributed by atoms with E-state index in [1.165, 1.54) is 0 Å². The first-order valence-corrected chi connectivity index (χ1v) is 4.06. The van der Waals surface area contributed by atoms with E-state index in [-0.39, 0.29) is 13.3 Å². The van der Waals surface area contributed by atoms with Gasteiger partial charge < -0.3 is 5.32 Å². The first-order valence-electron chi connectivity index (χ1n) is 4.06. The second-order valence-electron chi connectivity index (χ2n) is 2.55. The Morgan fingerprint density at radius 2 is 2.29 bits per heavy atom. The van der Waals surface area contributed by atoms with Gasteiger partial charge in [-0.2, -0.15) is 5.26 Å². The second kappa shape index (κ2) is 5.76. The largest absolute Gasteiger partial charge is 0.352 e. The molecule has 0 saturated carbocycles. The van der Waals surface area contributed by atoms with Gasteiger partial charge in [-0.05, 0) is 25.1 Å². The van der Waals surface area contributed by atoms with Gasteiger partial charge in [0.25, 0.3) is 5.91 Å². The molecular formula is C11H14N2O. The molecule has 0 atom stereocenters. The Balaban J connectivity index is 0.00000169. The van der Waals surface area contributed by atoms with Crippen molar-refractivity contribution in [1.82, 2.24) is 5.32 Å². The minimum Gasteiger partial charge on any atom is -0.352 e. The van der Waals surface area contributed by atoms with E-state index in [4.69, 9.17) is 5.26 Å². The summed E-state index contributed by atoms with van der Waals surface area (Å²) >= 11 is 0. The highest BCUT2D eigenvalue weighted by atomic mass is 16.1. The molecule has 0 heterocycles. The Hall–Kier alpha value is -1.82. The van der Waals surface area contributed by atoms with Crippen molar-refractivity contribution in [3.05, 3.63) is 35.4 Å². The number of hydrogen-bond donors (Lipinski definition) is 1. The quantitative estimate of drug-likeness (QED) is 0.774. The van der Waals surface area contributed by atoms with Crippen LogP contribution in [-0.2, 0) is 0 Å². The summed E-state index contributed by atoms with van der Waals surface area (Å²) in [6.07, 6.45) is 0. The van der Waals surface area contributed by atoms with Crippen molar-refractivity contribution in [3.63, 3.8) is 0 Å². The lowest BCUT2D eigenvalue weighted by atomic mass is 10.1. The fraction of sp³-hybridized carbons (Fsp3) is 0.273. The maximum Gasteiger partial charge on any atom is 0.251 e. The normalized spacial score (nSPS) is 8.29. The van der Waals surface area contributed by atoms with Crippen LogP contribution in [0.3, 0.4) is 0 Å². The van der Waals surface area contributed by atoms with E-state index in [9.17, 15) is 4.79 Å². The van der Waals surface area contributed by atoms with E-state index in [1.807, 2.05) is 13.0 Å². The number of hydrogen-bond acceptors (Lipinski definition) is 2. The summed E-state index contributed by atoms with van der Waals surface area (Å²) in [5.74, 6) is -0.139. The molecule has 3 nitrogen and oxygen atoms in total. The summed E-state index contributed by atoms with van der Waals surface area (Å²) in [4.78, 5) is 11.3. The zero-order chi connectivity index (χ0) is 9.68. The van der Waals surface area contributed by atoms with Crippen LogP contribution in [0.15, 0.2) is 24.3 Å². The third-order valence-electron chi connectivity index (χ3n) is 1.59. The van der Waals surface area contributed by atoms with Crippen LogP contribution in [-0.4, -0.2) is 12.5 Å². The van der Waals surface area contributed by atoms with E-state index in [0.717, 1.165) is 0 Å². The molecule has 0 radical (unpaired) electrons. The fourth-order valence-electron chi connectivity index (χ4n) is 0.993. The predicted octanol–water partition coefficient (Wildman–Crippen LogP) is 1.94. The van der Waals surface area contributed by atoms with Crippen molar-refractivity contribution < 1.29 is 4.79 Å². The topological polar surface area (TPSA) is 52.9 Å². The van der Waals surface area contributed by atoms with Gasteiger partial charge in [-0.3, -0.25) is 4.79 Å². The molecule has 74 valence electrons. The molecule has 0 aromatic heterocycles. The first-order chi connectivity index (χ1) is 6.27. The number of nitriles is 1. The molecule has 0 bridgehead atoms. The van der Waals surface area contributed by atoms with Gasteiger partial charge in [-0.25, -0.2) is 0 Å². The van der Waals surface area contributed by atoms with Gasteiger partial charge in [-0.15, -0.1) is 0 Å². The smallest absolute Gasteiger partial charge is 0.251 e. The van der Waals surface area contributed by atoms with Crippen LogP contribution in [0.2, 0.25) is 0 Å². The number of nitrogens with zero attached hydrogens (tertiary/aromatic N) is 1. The molecule has 1 N–H and O–H groups in total. The average Bonchev–Trinajstić information content (AvgIpc) is 2.18. The van der Waals surface area contributed by atoms with Crippen molar-refractivity contribution in [2.45, 2.75) is 14.4 Å². The van der Waals surface area contributed by atoms with E-state index >= 15 is 0 Å². The van der Waals surface area contributed by atoms with E-state index in [1.54, 1.807) is 24.3 Å².